The molecule has 0 aliphatic rings. The second kappa shape index (κ2) is 13.2. The van der Waals surface area contributed by atoms with Crippen LogP contribution in [-0.2, 0) is 14.3 Å². The SMILES string of the molecule is CNC(=O)C(CNC(=O)OCCNP)NC(=O)OCCP=N. The van der Waals surface area contributed by atoms with Crippen LogP contribution in [0.3, 0.4) is 0 Å². The Morgan fingerprint density at radius 2 is 1.91 bits per heavy atom. The molecule has 0 aliphatic carbocycles. The fourth-order valence-electron chi connectivity index (χ4n) is 1.19. The molecule has 0 aromatic heterocycles. The van der Waals surface area contributed by atoms with E-state index in [0.717, 1.165) is 0 Å². The summed E-state index contributed by atoms with van der Waals surface area (Å²) in [4.78, 5) is 34.5. The molecule has 22 heavy (non-hydrogen) atoms. The van der Waals surface area contributed by atoms with Crippen molar-refractivity contribution in [3.63, 3.8) is 0 Å². The van der Waals surface area contributed by atoms with E-state index < -0.39 is 24.1 Å². The fourth-order valence-corrected chi connectivity index (χ4v) is 1.49. The van der Waals surface area contributed by atoms with Crippen molar-refractivity contribution < 1.29 is 23.9 Å². The summed E-state index contributed by atoms with van der Waals surface area (Å²) >= 11 is 0. The summed E-state index contributed by atoms with van der Waals surface area (Å²) in [7, 11) is 4.03. The second-order valence-electron chi connectivity index (χ2n) is 3.80. The minimum absolute atomic E-state index is 0.0782. The van der Waals surface area contributed by atoms with Gasteiger partial charge in [0.05, 0.1) is 6.54 Å². The Kier molecular flexibility index (Phi) is 12.3. The Bertz CT molecular complexity index is 385. The summed E-state index contributed by atoms with van der Waals surface area (Å²) < 4.78 is 9.59. The number of likely N-dealkylation sites (N-methyl/N-ethyl adjacent to an activating group) is 1. The standard InChI is InChI=1S/C10H21N5O5P2/c1-12-8(16)7(15-10(18)20-4-5-22-11)6-13-9(17)19-3-2-14-21/h7,11,14H,2-6,21H2,1H3,(H,12,16)(H,13,17)(H,15,18). The molecular formula is C10H21N5O5P2. The van der Waals surface area contributed by atoms with Crippen LogP contribution in [0.1, 0.15) is 0 Å². The Labute approximate surface area is 132 Å². The van der Waals surface area contributed by atoms with Gasteiger partial charge < -0.3 is 25.4 Å². The molecule has 0 rings (SSSR count). The molecule has 0 spiro atoms. The Hall–Kier alpha value is -1.50. The van der Waals surface area contributed by atoms with Crippen LogP contribution in [0, 0.1) is 5.16 Å². The molecule has 10 nitrogen and oxygen atoms in total. The predicted octanol–water partition coefficient (Wildman–Crippen LogP) is -0.358. The highest BCUT2D eigenvalue weighted by Crippen LogP contribution is 1.93. The van der Waals surface area contributed by atoms with Gasteiger partial charge in [0, 0.05) is 28.1 Å². The number of hydrogen-bond acceptors (Lipinski definition) is 7. The molecule has 0 saturated carbocycles. The van der Waals surface area contributed by atoms with Crippen molar-refractivity contribution in [3.8, 4) is 0 Å². The van der Waals surface area contributed by atoms with Crippen LogP contribution in [-0.4, -0.2) is 63.6 Å². The van der Waals surface area contributed by atoms with Gasteiger partial charge in [-0.15, -0.1) is 0 Å². The van der Waals surface area contributed by atoms with Gasteiger partial charge in [-0.05, 0) is 0 Å². The van der Waals surface area contributed by atoms with Crippen molar-refractivity contribution in [2.45, 2.75) is 6.04 Å². The van der Waals surface area contributed by atoms with Crippen LogP contribution >= 0.6 is 17.8 Å². The van der Waals surface area contributed by atoms with E-state index in [-0.39, 0.29) is 19.8 Å². The zero-order valence-electron chi connectivity index (χ0n) is 12.2. The molecule has 0 aliphatic heterocycles. The lowest BCUT2D eigenvalue weighted by Gasteiger charge is -2.17. The monoisotopic (exact) mass is 353 g/mol. The molecule has 5 N–H and O–H groups in total. The van der Waals surface area contributed by atoms with E-state index in [2.05, 4.69) is 30.4 Å². The van der Waals surface area contributed by atoms with Crippen molar-refractivity contribution in [3.05, 3.63) is 0 Å². The van der Waals surface area contributed by atoms with Crippen LogP contribution in [0.15, 0.2) is 0 Å². The summed E-state index contributed by atoms with van der Waals surface area (Å²) in [5, 5.41) is 16.7. The largest absolute Gasteiger partial charge is 0.449 e. The van der Waals surface area contributed by atoms with Gasteiger partial charge in [0.25, 0.3) is 0 Å². The van der Waals surface area contributed by atoms with E-state index in [1.54, 1.807) is 0 Å². The molecule has 0 saturated heterocycles. The highest BCUT2D eigenvalue weighted by Gasteiger charge is 2.21. The summed E-state index contributed by atoms with van der Waals surface area (Å²) in [6, 6.07) is -0.988. The zero-order valence-corrected chi connectivity index (χ0v) is 14.2. The van der Waals surface area contributed by atoms with Crippen LogP contribution in [0.5, 0.6) is 0 Å². The van der Waals surface area contributed by atoms with E-state index in [1.165, 1.54) is 7.05 Å². The molecule has 0 radical (unpaired) electrons. The second-order valence-corrected chi connectivity index (χ2v) is 4.97. The molecule has 2 unspecified atom stereocenters. The molecule has 2 atom stereocenters. The van der Waals surface area contributed by atoms with Crippen LogP contribution < -0.4 is 21.0 Å². The van der Waals surface area contributed by atoms with Gasteiger partial charge in [-0.25, -0.2) is 9.59 Å². The van der Waals surface area contributed by atoms with Gasteiger partial charge in [-0.3, -0.25) is 15.0 Å². The Balaban J connectivity index is 4.23. The van der Waals surface area contributed by atoms with Crippen LogP contribution in [0.2, 0.25) is 0 Å². The Morgan fingerprint density at radius 3 is 2.50 bits per heavy atom. The zero-order chi connectivity index (χ0) is 16.8. The number of carbonyl (C=O) groups is 3. The van der Waals surface area contributed by atoms with Gasteiger partial charge in [-0.2, -0.15) is 0 Å². The number of hydrogen-bond donors (Lipinski definition) is 5. The van der Waals surface area contributed by atoms with Gasteiger partial charge >= 0.3 is 12.2 Å². The maximum atomic E-state index is 11.6. The lowest BCUT2D eigenvalue weighted by atomic mass is 10.3. The molecule has 0 aromatic carbocycles. The van der Waals surface area contributed by atoms with Crippen molar-refractivity contribution in [1.82, 2.24) is 21.0 Å². The van der Waals surface area contributed by atoms with E-state index in [1.807, 2.05) is 0 Å². The molecule has 0 heterocycles. The third-order valence-electron chi connectivity index (χ3n) is 2.22. The molecular weight excluding hydrogens is 332 g/mol. The van der Waals surface area contributed by atoms with Gasteiger partial charge in [-0.1, -0.05) is 9.39 Å². The molecule has 12 heteroatoms. The topological polar surface area (TPSA) is 142 Å². The molecule has 0 bridgehead atoms. The normalized spacial score (nSPS) is 11.4. The highest BCUT2D eigenvalue weighted by atomic mass is 31.1. The number of nitrogens with one attached hydrogen (secondary N) is 5. The number of alkyl carbamates (subject to hydrolysis) is 2. The average Bonchev–Trinajstić information content (AvgIpc) is 2.51. The maximum Gasteiger partial charge on any atom is 0.407 e. The van der Waals surface area contributed by atoms with Crippen molar-refractivity contribution in [1.29, 1.82) is 5.16 Å². The number of amides is 3. The van der Waals surface area contributed by atoms with Gasteiger partial charge in [0.15, 0.2) is 0 Å². The lowest BCUT2D eigenvalue weighted by molar-refractivity contribution is -0.122. The van der Waals surface area contributed by atoms with E-state index in [9.17, 15) is 14.4 Å². The smallest absolute Gasteiger partial charge is 0.407 e. The number of ether oxygens (including phenoxy) is 2. The summed E-state index contributed by atoms with van der Waals surface area (Å²) in [6.45, 7) is 0.576. The summed E-state index contributed by atoms with van der Waals surface area (Å²) in [5.41, 5.74) is 0. The van der Waals surface area contributed by atoms with E-state index in [4.69, 9.17) is 14.6 Å². The van der Waals surface area contributed by atoms with Gasteiger partial charge in [0.1, 0.15) is 19.3 Å². The van der Waals surface area contributed by atoms with Gasteiger partial charge in [0.2, 0.25) is 5.91 Å². The predicted molar refractivity (Wildman–Crippen MR) is 83.9 cm³/mol. The summed E-state index contributed by atoms with van der Waals surface area (Å²) in [5.74, 6) is -0.484. The highest BCUT2D eigenvalue weighted by molar-refractivity contribution is 7.25. The molecule has 0 aromatic rings. The third kappa shape index (κ3) is 10.3. The number of carbonyl (C=O) groups excluding carboxylic acids is 3. The van der Waals surface area contributed by atoms with Crippen molar-refractivity contribution in [2.75, 3.05) is 39.5 Å². The minimum atomic E-state index is -0.988. The van der Waals surface area contributed by atoms with Crippen LogP contribution in [0.4, 0.5) is 9.59 Å². The maximum absolute atomic E-state index is 11.6. The first kappa shape index (κ1) is 20.5. The van der Waals surface area contributed by atoms with Crippen LogP contribution in [0.25, 0.3) is 0 Å². The molecule has 126 valence electrons. The molecule has 0 fully saturated rings. The Morgan fingerprint density at radius 1 is 1.23 bits per heavy atom. The first-order valence-corrected chi connectivity index (χ1v) is 8.03. The molecule has 3 amide bonds. The fraction of sp³-hybridized carbons (Fsp3) is 0.700. The number of rotatable bonds is 10. The van der Waals surface area contributed by atoms with Crippen molar-refractivity contribution >= 4 is 35.9 Å². The average molecular weight is 353 g/mol. The first-order valence-electron chi connectivity index (χ1n) is 6.37. The van der Waals surface area contributed by atoms with E-state index in [0.29, 0.717) is 21.1 Å². The third-order valence-corrected chi connectivity index (χ3v) is 2.92. The van der Waals surface area contributed by atoms with E-state index >= 15 is 0 Å². The van der Waals surface area contributed by atoms with Crippen molar-refractivity contribution in [2.24, 2.45) is 0 Å². The quantitative estimate of drug-likeness (QED) is 0.268. The lowest BCUT2D eigenvalue weighted by Crippen LogP contribution is -2.52. The first-order chi connectivity index (χ1) is 10.5. The summed E-state index contributed by atoms with van der Waals surface area (Å²) in [6.07, 6.45) is -1.11. The minimum Gasteiger partial charge on any atom is -0.449 e.